The molecular weight excluding hydrogens is 294 g/mol. The third-order valence-corrected chi connectivity index (χ3v) is 5.25. The first-order chi connectivity index (χ1) is 11.9. The van der Waals surface area contributed by atoms with Crippen LogP contribution in [-0.2, 0) is 0 Å². The molecule has 3 nitrogen and oxygen atoms in total. The molecule has 0 bridgehead atoms. The van der Waals surface area contributed by atoms with Gasteiger partial charge >= 0.3 is 0 Å². The molecule has 118 valence electrons. The number of pyridine rings is 2. The molecule has 1 N–H and O–H groups in total. The van der Waals surface area contributed by atoms with Crippen LogP contribution in [0.5, 0.6) is 0 Å². The van der Waals surface area contributed by atoms with Crippen molar-refractivity contribution in [2.45, 2.75) is 31.6 Å². The Morgan fingerprint density at radius 3 is 2.83 bits per heavy atom. The predicted molar refractivity (Wildman–Crippen MR) is 98.0 cm³/mol. The van der Waals surface area contributed by atoms with Gasteiger partial charge in [-0.3, -0.25) is 4.98 Å². The number of fused-ring (bicyclic) bond motifs is 2. The molecule has 0 amide bonds. The van der Waals surface area contributed by atoms with Gasteiger partial charge in [-0.1, -0.05) is 25.0 Å². The normalized spacial score (nSPS) is 15.5. The molecule has 0 radical (unpaired) electrons. The van der Waals surface area contributed by atoms with Crippen molar-refractivity contribution in [2.75, 3.05) is 0 Å². The third kappa shape index (κ3) is 2.20. The summed E-state index contributed by atoms with van der Waals surface area (Å²) in [6.07, 6.45) is 9.15. The first-order valence-corrected chi connectivity index (χ1v) is 8.72. The smallest absolute Gasteiger partial charge is 0.138 e. The van der Waals surface area contributed by atoms with Crippen molar-refractivity contribution in [1.29, 1.82) is 0 Å². The van der Waals surface area contributed by atoms with E-state index in [4.69, 9.17) is 4.98 Å². The van der Waals surface area contributed by atoms with Gasteiger partial charge in [0, 0.05) is 40.3 Å². The second kappa shape index (κ2) is 5.45. The van der Waals surface area contributed by atoms with Crippen molar-refractivity contribution in [3.8, 4) is 11.1 Å². The summed E-state index contributed by atoms with van der Waals surface area (Å²) < 4.78 is 0. The highest BCUT2D eigenvalue weighted by Gasteiger charge is 2.19. The zero-order valence-corrected chi connectivity index (χ0v) is 13.5. The minimum atomic E-state index is 0.646. The van der Waals surface area contributed by atoms with E-state index in [1.807, 2.05) is 12.3 Å². The highest BCUT2D eigenvalue weighted by Crippen LogP contribution is 2.35. The molecule has 4 aromatic rings. The van der Waals surface area contributed by atoms with Crippen LogP contribution in [0, 0.1) is 0 Å². The average Bonchev–Trinajstić information content (AvgIpc) is 3.30. The summed E-state index contributed by atoms with van der Waals surface area (Å²) >= 11 is 0. The Bertz CT molecular complexity index is 1030. The van der Waals surface area contributed by atoms with E-state index >= 15 is 0 Å². The zero-order valence-electron chi connectivity index (χ0n) is 13.5. The monoisotopic (exact) mass is 313 g/mol. The molecule has 0 atom stereocenters. The number of H-pyrrole nitrogens is 1. The van der Waals surface area contributed by atoms with Crippen molar-refractivity contribution in [2.24, 2.45) is 0 Å². The SMILES string of the molecule is c1cnc2ccc(-c3c[nH]c4nc(C5CCCC5)ccc34)cc2c1. The molecule has 0 unspecified atom stereocenters. The predicted octanol–water partition coefficient (Wildman–Crippen LogP) is 5.44. The molecule has 0 saturated heterocycles. The molecule has 3 heteroatoms. The number of aromatic nitrogens is 3. The number of aromatic amines is 1. The van der Waals surface area contributed by atoms with Gasteiger partial charge in [-0.05, 0) is 48.7 Å². The fourth-order valence-electron chi connectivity index (χ4n) is 3.95. The Morgan fingerprint density at radius 2 is 1.92 bits per heavy atom. The summed E-state index contributed by atoms with van der Waals surface area (Å²) in [5.41, 5.74) is 5.69. The third-order valence-electron chi connectivity index (χ3n) is 5.25. The van der Waals surface area contributed by atoms with Gasteiger partial charge in [-0.15, -0.1) is 0 Å². The van der Waals surface area contributed by atoms with Gasteiger partial charge < -0.3 is 4.98 Å². The summed E-state index contributed by atoms with van der Waals surface area (Å²) in [5, 5.41) is 2.36. The van der Waals surface area contributed by atoms with Crippen LogP contribution in [0.15, 0.2) is 54.9 Å². The minimum Gasteiger partial charge on any atom is -0.346 e. The Morgan fingerprint density at radius 1 is 1.00 bits per heavy atom. The summed E-state index contributed by atoms with van der Waals surface area (Å²) in [4.78, 5) is 12.7. The van der Waals surface area contributed by atoms with Crippen LogP contribution < -0.4 is 0 Å². The van der Waals surface area contributed by atoms with E-state index in [1.54, 1.807) is 0 Å². The van der Waals surface area contributed by atoms with E-state index in [9.17, 15) is 0 Å². The number of benzene rings is 1. The van der Waals surface area contributed by atoms with E-state index in [1.165, 1.54) is 53.3 Å². The standard InChI is InChI=1S/C21H19N3/c1-2-5-14(4-1)20-10-8-17-18(13-23-21(17)24-20)15-7-9-19-16(12-15)6-3-11-22-19/h3,6-14H,1-2,4-5H2,(H,23,24). The van der Waals surface area contributed by atoms with Crippen LogP contribution in [-0.4, -0.2) is 15.0 Å². The maximum Gasteiger partial charge on any atom is 0.138 e. The maximum absolute atomic E-state index is 4.90. The molecule has 1 aliphatic carbocycles. The van der Waals surface area contributed by atoms with Gasteiger partial charge in [0.05, 0.1) is 5.52 Å². The Kier molecular flexibility index (Phi) is 3.12. The average molecular weight is 313 g/mol. The van der Waals surface area contributed by atoms with Gasteiger partial charge in [0.25, 0.3) is 0 Å². The lowest BCUT2D eigenvalue weighted by atomic mass is 10.0. The van der Waals surface area contributed by atoms with Crippen molar-refractivity contribution in [1.82, 2.24) is 15.0 Å². The number of rotatable bonds is 2. The summed E-state index contributed by atoms with van der Waals surface area (Å²) in [6.45, 7) is 0. The lowest BCUT2D eigenvalue weighted by Crippen LogP contribution is -1.96. The van der Waals surface area contributed by atoms with Crippen LogP contribution in [0.3, 0.4) is 0 Å². The van der Waals surface area contributed by atoms with E-state index < -0.39 is 0 Å². The van der Waals surface area contributed by atoms with Crippen LogP contribution in [0.2, 0.25) is 0 Å². The largest absolute Gasteiger partial charge is 0.346 e. The summed E-state index contributed by atoms with van der Waals surface area (Å²) in [5.74, 6) is 0.646. The van der Waals surface area contributed by atoms with Crippen molar-refractivity contribution < 1.29 is 0 Å². The minimum absolute atomic E-state index is 0.646. The van der Waals surface area contributed by atoms with Crippen molar-refractivity contribution in [3.05, 3.63) is 60.6 Å². The highest BCUT2D eigenvalue weighted by molar-refractivity contribution is 5.96. The van der Waals surface area contributed by atoms with Crippen LogP contribution in [0.25, 0.3) is 33.1 Å². The summed E-state index contributed by atoms with van der Waals surface area (Å²) in [6, 6.07) is 15.0. The van der Waals surface area contributed by atoms with Crippen molar-refractivity contribution in [3.63, 3.8) is 0 Å². The number of hydrogen-bond donors (Lipinski definition) is 1. The van der Waals surface area contributed by atoms with Crippen LogP contribution >= 0.6 is 0 Å². The lowest BCUT2D eigenvalue weighted by molar-refractivity contribution is 0.700. The number of nitrogens with one attached hydrogen (secondary N) is 1. The molecule has 5 rings (SSSR count). The Labute approximate surface area is 140 Å². The number of hydrogen-bond acceptors (Lipinski definition) is 2. The van der Waals surface area contributed by atoms with Gasteiger partial charge in [0.1, 0.15) is 5.65 Å². The second-order valence-corrected chi connectivity index (χ2v) is 6.73. The molecule has 0 aliphatic heterocycles. The second-order valence-electron chi connectivity index (χ2n) is 6.73. The fraction of sp³-hybridized carbons (Fsp3) is 0.238. The quantitative estimate of drug-likeness (QED) is 0.535. The van der Waals surface area contributed by atoms with Crippen LogP contribution in [0.4, 0.5) is 0 Å². The molecular formula is C21H19N3. The van der Waals surface area contributed by atoms with E-state index in [2.05, 4.69) is 52.6 Å². The molecule has 3 heterocycles. The van der Waals surface area contributed by atoms with Crippen LogP contribution in [0.1, 0.15) is 37.3 Å². The van der Waals surface area contributed by atoms with E-state index in [0.29, 0.717) is 5.92 Å². The highest BCUT2D eigenvalue weighted by atomic mass is 14.9. The number of nitrogens with zero attached hydrogens (tertiary/aromatic N) is 2. The first kappa shape index (κ1) is 13.7. The van der Waals surface area contributed by atoms with Gasteiger partial charge in [0.15, 0.2) is 0 Å². The molecule has 1 aromatic carbocycles. The molecule has 1 fully saturated rings. The van der Waals surface area contributed by atoms with Crippen molar-refractivity contribution >= 4 is 21.9 Å². The molecule has 1 aliphatic rings. The molecule has 1 saturated carbocycles. The molecule has 0 spiro atoms. The zero-order chi connectivity index (χ0) is 15.9. The van der Waals surface area contributed by atoms with Gasteiger partial charge in [-0.2, -0.15) is 0 Å². The Balaban J connectivity index is 1.60. The summed E-state index contributed by atoms with van der Waals surface area (Å²) in [7, 11) is 0. The first-order valence-electron chi connectivity index (χ1n) is 8.72. The topological polar surface area (TPSA) is 41.6 Å². The molecule has 24 heavy (non-hydrogen) atoms. The van der Waals surface area contributed by atoms with E-state index in [0.717, 1.165) is 11.2 Å². The maximum atomic E-state index is 4.90. The van der Waals surface area contributed by atoms with Gasteiger partial charge in [0.2, 0.25) is 0 Å². The fourth-order valence-corrected chi connectivity index (χ4v) is 3.95. The van der Waals surface area contributed by atoms with Gasteiger partial charge in [-0.25, -0.2) is 4.98 Å². The Hall–Kier alpha value is -2.68. The van der Waals surface area contributed by atoms with E-state index in [-0.39, 0.29) is 0 Å². The molecule has 3 aromatic heterocycles. The lowest BCUT2D eigenvalue weighted by Gasteiger charge is -2.08.